The number of carbonyl (C=O) groups excluding carboxylic acids is 2. The number of rotatable bonds is 3. The summed E-state index contributed by atoms with van der Waals surface area (Å²) in [4.78, 5) is 35.9. The Kier molecular flexibility index (Phi) is 5.01. The van der Waals surface area contributed by atoms with E-state index in [1.54, 1.807) is 22.6 Å². The molecule has 3 aromatic heterocycles. The van der Waals surface area contributed by atoms with E-state index in [1.165, 1.54) is 12.6 Å². The number of hydrogen-bond acceptors (Lipinski definition) is 6. The molecule has 0 aliphatic carbocycles. The zero-order chi connectivity index (χ0) is 19.3. The molecular formula is C19H21ClN6O3. The summed E-state index contributed by atoms with van der Waals surface area (Å²) in [5, 5.41) is 3.40. The average Bonchev–Trinajstić information content (AvgIpc) is 3.38. The summed E-state index contributed by atoms with van der Waals surface area (Å²) >= 11 is 0. The molecule has 2 atom stereocenters. The van der Waals surface area contributed by atoms with Crippen LogP contribution >= 0.6 is 12.4 Å². The summed E-state index contributed by atoms with van der Waals surface area (Å²) in [6.45, 7) is 1.70. The van der Waals surface area contributed by atoms with Gasteiger partial charge in [-0.05, 0) is 44.0 Å². The normalized spacial score (nSPS) is 21.0. The third-order valence-electron chi connectivity index (χ3n) is 5.62. The van der Waals surface area contributed by atoms with E-state index < -0.39 is 5.91 Å². The maximum Gasteiger partial charge on any atom is 0.271 e. The molecule has 29 heavy (non-hydrogen) atoms. The number of nitrogens with zero attached hydrogens (tertiary/aromatic N) is 4. The van der Waals surface area contributed by atoms with E-state index in [0.717, 1.165) is 32.4 Å². The van der Waals surface area contributed by atoms with Crippen LogP contribution in [0.15, 0.2) is 35.2 Å². The molecule has 10 heteroatoms. The number of halogens is 1. The van der Waals surface area contributed by atoms with Crippen LogP contribution in [-0.4, -0.2) is 56.3 Å². The molecule has 2 fully saturated rings. The van der Waals surface area contributed by atoms with E-state index >= 15 is 0 Å². The Morgan fingerprint density at radius 2 is 2.07 bits per heavy atom. The number of nitrogens with two attached hydrogens (primary N) is 1. The summed E-state index contributed by atoms with van der Waals surface area (Å²) < 4.78 is 7.01. The van der Waals surface area contributed by atoms with Crippen molar-refractivity contribution >= 4 is 29.9 Å². The number of carbonyl (C=O) groups is 2. The fourth-order valence-corrected chi connectivity index (χ4v) is 4.31. The van der Waals surface area contributed by atoms with E-state index in [4.69, 9.17) is 10.2 Å². The van der Waals surface area contributed by atoms with Crippen LogP contribution in [-0.2, 0) is 0 Å². The van der Waals surface area contributed by atoms with Crippen LogP contribution in [0.1, 0.15) is 40.2 Å². The molecule has 5 rings (SSSR count). The van der Waals surface area contributed by atoms with Crippen molar-refractivity contribution in [3.05, 3.63) is 42.2 Å². The number of furan rings is 1. The molecule has 2 aliphatic rings. The van der Waals surface area contributed by atoms with Crippen molar-refractivity contribution in [2.75, 3.05) is 13.1 Å². The number of aromatic nitrogens is 3. The van der Waals surface area contributed by atoms with Crippen LogP contribution in [0, 0.1) is 0 Å². The van der Waals surface area contributed by atoms with Gasteiger partial charge in [-0.2, -0.15) is 0 Å². The van der Waals surface area contributed by atoms with Crippen molar-refractivity contribution in [1.29, 1.82) is 0 Å². The Bertz CT molecular complexity index is 1050. The summed E-state index contributed by atoms with van der Waals surface area (Å²) in [6, 6.07) is 5.57. The molecule has 2 saturated heterocycles. The second kappa shape index (κ2) is 7.49. The van der Waals surface area contributed by atoms with Gasteiger partial charge >= 0.3 is 0 Å². The van der Waals surface area contributed by atoms with Crippen LogP contribution in [0.5, 0.6) is 0 Å². The van der Waals surface area contributed by atoms with Crippen LogP contribution in [0.2, 0.25) is 0 Å². The Balaban J connectivity index is 0.00000205. The quantitative estimate of drug-likeness (QED) is 0.667. The van der Waals surface area contributed by atoms with E-state index in [2.05, 4.69) is 15.3 Å². The molecule has 2 bridgehead atoms. The molecule has 0 aromatic carbocycles. The number of hydrogen-bond donors (Lipinski definition) is 2. The van der Waals surface area contributed by atoms with Crippen molar-refractivity contribution in [1.82, 2.24) is 24.6 Å². The minimum Gasteiger partial charge on any atom is -0.463 e. The van der Waals surface area contributed by atoms with Gasteiger partial charge in [0.05, 0.1) is 6.26 Å². The number of primary amides is 1. The molecule has 5 heterocycles. The molecule has 0 saturated carbocycles. The van der Waals surface area contributed by atoms with Gasteiger partial charge in [0.25, 0.3) is 11.8 Å². The van der Waals surface area contributed by atoms with Gasteiger partial charge in [0.1, 0.15) is 17.7 Å². The van der Waals surface area contributed by atoms with Gasteiger partial charge in [0.15, 0.2) is 17.1 Å². The first-order chi connectivity index (χ1) is 13.6. The number of nitrogens with one attached hydrogen (secondary N) is 1. The van der Waals surface area contributed by atoms with Crippen molar-refractivity contribution in [3.63, 3.8) is 0 Å². The van der Waals surface area contributed by atoms with Gasteiger partial charge in [0, 0.05) is 18.6 Å². The molecule has 152 valence electrons. The fraction of sp³-hybridized carbons (Fsp3) is 0.368. The highest BCUT2D eigenvalue weighted by molar-refractivity contribution is 5.99. The fourth-order valence-electron chi connectivity index (χ4n) is 4.31. The zero-order valence-electron chi connectivity index (χ0n) is 15.6. The predicted octanol–water partition coefficient (Wildman–Crippen LogP) is 1.48. The van der Waals surface area contributed by atoms with Crippen LogP contribution in [0.25, 0.3) is 17.1 Å². The van der Waals surface area contributed by atoms with E-state index in [1.807, 2.05) is 4.90 Å². The summed E-state index contributed by atoms with van der Waals surface area (Å²) in [5.74, 6) is -0.275. The number of imidazole rings is 1. The van der Waals surface area contributed by atoms with Crippen molar-refractivity contribution < 1.29 is 14.0 Å². The van der Waals surface area contributed by atoms with E-state index in [9.17, 15) is 9.59 Å². The van der Waals surface area contributed by atoms with E-state index in [0.29, 0.717) is 17.1 Å². The second-order valence-electron chi connectivity index (χ2n) is 7.25. The maximum atomic E-state index is 13.6. The smallest absolute Gasteiger partial charge is 0.271 e. The molecule has 9 nitrogen and oxygen atoms in total. The lowest BCUT2D eigenvalue weighted by atomic mass is 10.1. The predicted molar refractivity (Wildman–Crippen MR) is 107 cm³/mol. The molecule has 2 unspecified atom stereocenters. The molecule has 2 amide bonds. The summed E-state index contributed by atoms with van der Waals surface area (Å²) in [5.41, 5.74) is 6.60. The third-order valence-corrected chi connectivity index (χ3v) is 5.62. The summed E-state index contributed by atoms with van der Waals surface area (Å²) in [6.07, 6.45) is 5.89. The molecule has 3 aromatic rings. The molecule has 2 aliphatic heterocycles. The Labute approximate surface area is 172 Å². The zero-order valence-corrected chi connectivity index (χ0v) is 16.4. The van der Waals surface area contributed by atoms with Crippen LogP contribution < -0.4 is 11.1 Å². The highest BCUT2D eigenvalue weighted by Crippen LogP contribution is 2.31. The lowest BCUT2D eigenvalue weighted by Crippen LogP contribution is -2.43. The van der Waals surface area contributed by atoms with Gasteiger partial charge in [-0.15, -0.1) is 12.4 Å². The van der Waals surface area contributed by atoms with Crippen LogP contribution in [0.4, 0.5) is 0 Å². The molecule has 0 radical (unpaired) electrons. The molecule has 0 spiro atoms. The Hall–Kier alpha value is -2.91. The molecule has 3 N–H and O–H groups in total. The van der Waals surface area contributed by atoms with Gasteiger partial charge in [-0.25, -0.2) is 9.97 Å². The summed E-state index contributed by atoms with van der Waals surface area (Å²) in [7, 11) is 0. The molecular weight excluding hydrogens is 396 g/mol. The maximum absolute atomic E-state index is 13.6. The van der Waals surface area contributed by atoms with Gasteiger partial charge in [0.2, 0.25) is 0 Å². The average molecular weight is 417 g/mol. The highest BCUT2D eigenvalue weighted by atomic mass is 35.5. The lowest BCUT2D eigenvalue weighted by molar-refractivity contribution is 0.0672. The largest absolute Gasteiger partial charge is 0.463 e. The van der Waals surface area contributed by atoms with E-state index in [-0.39, 0.29) is 41.7 Å². The third kappa shape index (κ3) is 3.16. The topological polar surface area (TPSA) is 119 Å². The first-order valence-corrected chi connectivity index (χ1v) is 9.38. The first-order valence-electron chi connectivity index (χ1n) is 9.38. The van der Waals surface area contributed by atoms with Crippen LogP contribution in [0.3, 0.4) is 0 Å². The van der Waals surface area contributed by atoms with Crippen molar-refractivity contribution in [3.8, 4) is 11.5 Å². The van der Waals surface area contributed by atoms with Gasteiger partial charge in [-0.1, -0.05) is 0 Å². The SMILES string of the molecule is Cl.NC(=O)c1ncn2c(C(=O)N3C4CCNCC3CC4)cc(-c3ccco3)nc12. The highest BCUT2D eigenvalue weighted by Gasteiger charge is 2.39. The first kappa shape index (κ1) is 19.4. The Morgan fingerprint density at radius 1 is 1.24 bits per heavy atom. The minimum atomic E-state index is -0.691. The minimum absolute atomic E-state index is 0. The lowest BCUT2D eigenvalue weighted by Gasteiger charge is -2.28. The van der Waals surface area contributed by atoms with Crippen molar-refractivity contribution in [2.24, 2.45) is 5.73 Å². The standard InChI is InChI=1S/C19H20N6O3.ClH/c20-17(26)16-18-23-13(15-2-1-7-28-15)8-14(24(18)10-22-16)19(27)25-11-3-4-12(25)9-21-6-5-11;/h1-2,7-8,10-12,21H,3-6,9H2,(H2,20,26);1H. The second-order valence-corrected chi connectivity index (χ2v) is 7.25. The van der Waals surface area contributed by atoms with Gasteiger partial charge < -0.3 is 20.4 Å². The number of amides is 2. The van der Waals surface area contributed by atoms with Gasteiger partial charge in [-0.3, -0.25) is 14.0 Å². The Morgan fingerprint density at radius 3 is 2.83 bits per heavy atom. The number of fused-ring (bicyclic) bond motifs is 3. The monoisotopic (exact) mass is 416 g/mol. The van der Waals surface area contributed by atoms with Crippen molar-refractivity contribution in [2.45, 2.75) is 31.3 Å².